The fourth-order valence-electron chi connectivity index (χ4n) is 1.95. The molecule has 0 aliphatic carbocycles. The molecule has 0 aromatic heterocycles. The zero-order valence-electron chi connectivity index (χ0n) is 11.0. The van der Waals surface area contributed by atoms with E-state index in [1.54, 1.807) is 11.8 Å². The van der Waals surface area contributed by atoms with Crippen LogP contribution in [-0.4, -0.2) is 36.5 Å². The number of rotatable bonds is 6. The number of nitrogens with zero attached hydrogens (tertiary/aromatic N) is 1. The topological polar surface area (TPSA) is 29.3 Å². The van der Waals surface area contributed by atoms with Crippen molar-refractivity contribution in [3.8, 4) is 0 Å². The third-order valence-electron chi connectivity index (χ3n) is 3.14. The predicted molar refractivity (Wildman–Crippen MR) is 73.8 cm³/mol. The van der Waals surface area contributed by atoms with Gasteiger partial charge in [-0.2, -0.15) is 11.8 Å². The van der Waals surface area contributed by atoms with E-state index in [0.29, 0.717) is 5.56 Å². The monoisotopic (exact) mass is 274 g/mol. The Morgan fingerprint density at radius 1 is 1.39 bits per heavy atom. The Balaban J connectivity index is 2.98. The molecule has 5 heteroatoms. The Hall–Kier alpha value is -0.650. The molecule has 2 nitrogen and oxygen atoms in total. The number of likely N-dealkylation sites (N-methyl/N-ethyl adjacent to an activating group) is 1. The summed E-state index contributed by atoms with van der Waals surface area (Å²) in [6.45, 7) is 2.31. The molecule has 0 heterocycles. The smallest absolute Gasteiger partial charge is 0.128 e. The van der Waals surface area contributed by atoms with Crippen LogP contribution >= 0.6 is 11.8 Å². The van der Waals surface area contributed by atoms with Crippen LogP contribution in [-0.2, 0) is 0 Å². The second-order valence-corrected chi connectivity index (χ2v) is 5.30. The van der Waals surface area contributed by atoms with Crippen molar-refractivity contribution in [3.05, 3.63) is 35.4 Å². The van der Waals surface area contributed by atoms with Crippen molar-refractivity contribution >= 4 is 11.8 Å². The van der Waals surface area contributed by atoms with Gasteiger partial charge >= 0.3 is 0 Å². The van der Waals surface area contributed by atoms with Gasteiger partial charge in [0.2, 0.25) is 0 Å². The fraction of sp³-hybridized carbons (Fsp3) is 0.538. The summed E-state index contributed by atoms with van der Waals surface area (Å²) in [5, 5.41) is 0. The van der Waals surface area contributed by atoms with Gasteiger partial charge in [0, 0.05) is 23.9 Å². The molecule has 0 amide bonds. The SMILES string of the molecule is CSCC(C)N(C)C(CN)c1cc(F)ccc1F. The van der Waals surface area contributed by atoms with Gasteiger partial charge in [0.15, 0.2) is 0 Å². The Morgan fingerprint density at radius 2 is 2.06 bits per heavy atom. The molecule has 0 saturated carbocycles. The molecule has 2 N–H and O–H groups in total. The molecule has 0 bridgehead atoms. The van der Waals surface area contributed by atoms with Crippen LogP contribution in [0.2, 0.25) is 0 Å². The minimum atomic E-state index is -0.434. The van der Waals surface area contributed by atoms with Gasteiger partial charge in [-0.25, -0.2) is 8.78 Å². The molecule has 2 unspecified atom stereocenters. The lowest BCUT2D eigenvalue weighted by molar-refractivity contribution is 0.200. The van der Waals surface area contributed by atoms with Gasteiger partial charge in [-0.1, -0.05) is 0 Å². The first-order chi connectivity index (χ1) is 8.51. The summed E-state index contributed by atoms with van der Waals surface area (Å²) in [5.41, 5.74) is 6.05. The fourth-order valence-corrected chi connectivity index (χ4v) is 2.67. The summed E-state index contributed by atoms with van der Waals surface area (Å²) < 4.78 is 27.0. The molecule has 0 aliphatic rings. The van der Waals surface area contributed by atoms with Crippen LogP contribution in [0.3, 0.4) is 0 Å². The van der Waals surface area contributed by atoms with Crippen LogP contribution in [0, 0.1) is 11.6 Å². The molecule has 1 aromatic rings. The van der Waals surface area contributed by atoms with E-state index in [-0.39, 0.29) is 18.6 Å². The minimum Gasteiger partial charge on any atom is -0.329 e. The van der Waals surface area contributed by atoms with Crippen LogP contribution in [0.5, 0.6) is 0 Å². The number of thioether (sulfide) groups is 1. The van der Waals surface area contributed by atoms with Gasteiger partial charge in [0.1, 0.15) is 11.6 Å². The first kappa shape index (κ1) is 15.4. The zero-order valence-corrected chi connectivity index (χ0v) is 11.8. The highest BCUT2D eigenvalue weighted by atomic mass is 32.2. The Bertz CT molecular complexity index is 387. The van der Waals surface area contributed by atoms with Crippen LogP contribution in [0.25, 0.3) is 0 Å². The van der Waals surface area contributed by atoms with Crippen LogP contribution in [0.15, 0.2) is 18.2 Å². The van der Waals surface area contributed by atoms with Crippen LogP contribution < -0.4 is 5.73 Å². The van der Waals surface area contributed by atoms with Gasteiger partial charge in [-0.15, -0.1) is 0 Å². The summed E-state index contributed by atoms with van der Waals surface area (Å²) >= 11 is 1.72. The molecule has 0 fully saturated rings. The van der Waals surface area contributed by atoms with E-state index in [1.807, 2.05) is 18.2 Å². The summed E-state index contributed by atoms with van der Waals surface area (Å²) in [4.78, 5) is 1.99. The molecule has 2 atom stereocenters. The third-order valence-corrected chi connectivity index (χ3v) is 3.95. The Labute approximate surface area is 112 Å². The van der Waals surface area contributed by atoms with E-state index in [4.69, 9.17) is 5.73 Å². The zero-order chi connectivity index (χ0) is 13.7. The maximum atomic E-state index is 13.8. The molecule has 0 saturated heterocycles. The van der Waals surface area contributed by atoms with Crippen molar-refractivity contribution < 1.29 is 8.78 Å². The maximum absolute atomic E-state index is 13.8. The van der Waals surface area contributed by atoms with Crippen molar-refractivity contribution in [2.45, 2.75) is 19.0 Å². The highest BCUT2D eigenvalue weighted by Crippen LogP contribution is 2.24. The number of hydrogen-bond donors (Lipinski definition) is 1. The van der Waals surface area contributed by atoms with Gasteiger partial charge in [0.25, 0.3) is 0 Å². The van der Waals surface area contributed by atoms with Crippen molar-refractivity contribution in [3.63, 3.8) is 0 Å². The number of hydrogen-bond acceptors (Lipinski definition) is 3. The van der Waals surface area contributed by atoms with E-state index >= 15 is 0 Å². The lowest BCUT2D eigenvalue weighted by Crippen LogP contribution is -2.38. The van der Waals surface area contributed by atoms with E-state index in [2.05, 4.69) is 6.92 Å². The maximum Gasteiger partial charge on any atom is 0.128 e. The number of benzene rings is 1. The Morgan fingerprint density at radius 3 is 2.61 bits per heavy atom. The summed E-state index contributed by atoms with van der Waals surface area (Å²) in [6.07, 6.45) is 2.02. The molecule has 0 spiro atoms. The highest BCUT2D eigenvalue weighted by molar-refractivity contribution is 7.98. The molecule has 1 aromatic carbocycles. The molecule has 1 rings (SSSR count). The van der Waals surface area contributed by atoms with Crippen molar-refractivity contribution in [2.24, 2.45) is 5.73 Å². The summed E-state index contributed by atoms with van der Waals surface area (Å²) in [7, 11) is 1.89. The second kappa shape index (κ2) is 7.07. The highest BCUT2D eigenvalue weighted by Gasteiger charge is 2.23. The molecule has 18 heavy (non-hydrogen) atoms. The van der Waals surface area contributed by atoms with Crippen molar-refractivity contribution in [2.75, 3.05) is 25.6 Å². The standard InChI is InChI=1S/C13H20F2N2S/c1-9(8-18-3)17(2)13(7-16)11-6-10(14)4-5-12(11)15/h4-6,9,13H,7-8,16H2,1-3H3. The summed E-state index contributed by atoms with van der Waals surface area (Å²) in [6, 6.07) is 3.45. The molecule has 0 radical (unpaired) electrons. The van der Waals surface area contributed by atoms with Gasteiger partial charge in [-0.05, 0) is 38.4 Å². The predicted octanol–water partition coefficient (Wildman–Crippen LogP) is 2.65. The van der Waals surface area contributed by atoms with E-state index in [1.165, 1.54) is 6.07 Å². The van der Waals surface area contributed by atoms with Crippen molar-refractivity contribution in [1.29, 1.82) is 0 Å². The molecular formula is C13H20F2N2S. The quantitative estimate of drug-likeness (QED) is 0.864. The average Bonchev–Trinajstić information content (AvgIpc) is 2.34. The largest absolute Gasteiger partial charge is 0.329 e. The first-order valence-corrected chi connectivity index (χ1v) is 7.26. The van der Waals surface area contributed by atoms with Crippen molar-refractivity contribution in [1.82, 2.24) is 4.90 Å². The van der Waals surface area contributed by atoms with Gasteiger partial charge in [0.05, 0.1) is 6.04 Å². The average molecular weight is 274 g/mol. The lowest BCUT2D eigenvalue weighted by atomic mass is 10.0. The second-order valence-electron chi connectivity index (χ2n) is 4.39. The summed E-state index contributed by atoms with van der Waals surface area (Å²) in [5.74, 6) is 0.0787. The van der Waals surface area contributed by atoms with E-state index in [9.17, 15) is 8.78 Å². The minimum absolute atomic E-state index is 0.246. The lowest BCUT2D eigenvalue weighted by Gasteiger charge is -2.32. The first-order valence-electron chi connectivity index (χ1n) is 5.87. The normalized spacial score (nSPS) is 14.8. The van der Waals surface area contributed by atoms with Crippen LogP contribution in [0.1, 0.15) is 18.5 Å². The molecular weight excluding hydrogens is 254 g/mol. The van der Waals surface area contributed by atoms with E-state index in [0.717, 1.165) is 17.9 Å². The van der Waals surface area contributed by atoms with Gasteiger partial charge in [-0.3, -0.25) is 4.90 Å². The Kier molecular flexibility index (Phi) is 6.05. The third kappa shape index (κ3) is 3.67. The van der Waals surface area contributed by atoms with Crippen LogP contribution in [0.4, 0.5) is 8.78 Å². The van der Waals surface area contributed by atoms with Gasteiger partial charge < -0.3 is 5.73 Å². The number of halogens is 2. The molecule has 102 valence electrons. The number of nitrogens with two attached hydrogens (primary N) is 1. The molecule has 0 aliphatic heterocycles. The van der Waals surface area contributed by atoms with E-state index < -0.39 is 11.6 Å².